The van der Waals surface area contributed by atoms with Crippen molar-refractivity contribution in [1.29, 1.82) is 0 Å². The molecule has 0 saturated carbocycles. The van der Waals surface area contributed by atoms with Gasteiger partial charge in [-0.2, -0.15) is 0 Å². The summed E-state index contributed by atoms with van der Waals surface area (Å²) in [7, 11) is 0. The van der Waals surface area contributed by atoms with E-state index in [1.165, 1.54) is 0 Å². The minimum absolute atomic E-state index is 0.396. The second-order valence-electron chi connectivity index (χ2n) is 4.98. The van der Waals surface area contributed by atoms with Crippen LogP contribution in [0.3, 0.4) is 0 Å². The number of hydrogen-bond donors (Lipinski definition) is 0. The molecule has 0 unspecified atom stereocenters. The lowest BCUT2D eigenvalue weighted by atomic mass is 10.0. The summed E-state index contributed by atoms with van der Waals surface area (Å²) in [6.07, 6.45) is 1.74. The number of nitrogens with zero attached hydrogens (tertiary/aromatic N) is 1. The summed E-state index contributed by atoms with van der Waals surface area (Å²) in [5.41, 5.74) is 2.49. The summed E-state index contributed by atoms with van der Waals surface area (Å²) in [4.78, 5) is 17.0. The molecule has 0 aromatic heterocycles. The Morgan fingerprint density at radius 1 is 1.21 bits per heavy atom. The van der Waals surface area contributed by atoms with Crippen molar-refractivity contribution in [3.63, 3.8) is 0 Å². The highest BCUT2D eigenvalue weighted by Crippen LogP contribution is 2.35. The molecule has 1 aliphatic heterocycles. The van der Waals surface area contributed by atoms with E-state index in [4.69, 9.17) is 9.57 Å². The fraction of sp³-hybridized carbons (Fsp3) is 0.111. The van der Waals surface area contributed by atoms with E-state index in [1.54, 1.807) is 6.08 Å². The summed E-state index contributed by atoms with van der Waals surface area (Å²) in [6, 6.07) is 13.2. The van der Waals surface area contributed by atoms with Crippen LogP contribution < -0.4 is 4.74 Å². The highest BCUT2D eigenvalue weighted by atomic mass is 79.9. The minimum atomic E-state index is -0.479. The van der Waals surface area contributed by atoms with Crippen LogP contribution in [0.2, 0.25) is 0 Å². The van der Waals surface area contributed by atoms with Gasteiger partial charge in [0.15, 0.2) is 0 Å². The average molecular weight is 451 g/mol. The Morgan fingerprint density at radius 3 is 2.67 bits per heavy atom. The molecule has 0 N–H and O–H groups in total. The van der Waals surface area contributed by atoms with Crippen LogP contribution in [0.25, 0.3) is 6.08 Å². The number of carbonyl (C=O) groups excluding carboxylic acids is 1. The van der Waals surface area contributed by atoms with Crippen LogP contribution in [0.4, 0.5) is 0 Å². The number of hydrogen-bond acceptors (Lipinski definition) is 4. The van der Waals surface area contributed by atoms with Crippen molar-refractivity contribution in [3.8, 4) is 5.75 Å². The molecule has 24 heavy (non-hydrogen) atoms. The zero-order chi connectivity index (χ0) is 17.1. The van der Waals surface area contributed by atoms with Crippen molar-refractivity contribution in [2.75, 3.05) is 6.61 Å². The molecule has 0 atom stereocenters. The largest absolute Gasteiger partial charge is 0.492 e. The average Bonchev–Trinajstić information content (AvgIpc) is 2.92. The Bertz CT molecular complexity index is 845. The molecule has 0 aliphatic carbocycles. The van der Waals surface area contributed by atoms with Crippen molar-refractivity contribution >= 4 is 49.6 Å². The van der Waals surface area contributed by atoms with Gasteiger partial charge in [0.05, 0.1) is 16.7 Å². The normalized spacial score (nSPS) is 15.4. The van der Waals surface area contributed by atoms with Crippen LogP contribution in [0, 0.1) is 0 Å². The van der Waals surface area contributed by atoms with Crippen LogP contribution in [-0.2, 0) is 9.63 Å². The topological polar surface area (TPSA) is 47.9 Å². The zero-order valence-electron chi connectivity index (χ0n) is 12.8. The minimum Gasteiger partial charge on any atom is -0.492 e. The Labute approximate surface area is 156 Å². The van der Waals surface area contributed by atoms with E-state index in [-0.39, 0.29) is 0 Å². The Morgan fingerprint density at radius 2 is 1.96 bits per heavy atom. The molecule has 1 aliphatic rings. The lowest BCUT2D eigenvalue weighted by Gasteiger charge is -2.11. The van der Waals surface area contributed by atoms with Crippen molar-refractivity contribution < 1.29 is 14.4 Å². The van der Waals surface area contributed by atoms with Crippen LogP contribution in [0.5, 0.6) is 5.75 Å². The zero-order valence-corrected chi connectivity index (χ0v) is 15.9. The van der Waals surface area contributed by atoms with Gasteiger partial charge in [0.25, 0.3) is 0 Å². The van der Waals surface area contributed by atoms with E-state index in [2.05, 4.69) is 37.0 Å². The number of carbonyl (C=O) groups is 1. The molecule has 0 saturated heterocycles. The lowest BCUT2D eigenvalue weighted by Crippen LogP contribution is -2.07. The first-order valence-electron chi connectivity index (χ1n) is 7.29. The summed E-state index contributed by atoms with van der Waals surface area (Å²) in [5.74, 6) is 0.188. The third kappa shape index (κ3) is 3.44. The maximum Gasteiger partial charge on any atom is 0.368 e. The van der Waals surface area contributed by atoms with E-state index in [1.807, 2.05) is 49.4 Å². The predicted molar refractivity (Wildman–Crippen MR) is 100 cm³/mol. The molecule has 3 rings (SSSR count). The van der Waals surface area contributed by atoms with Gasteiger partial charge in [0.1, 0.15) is 11.5 Å². The third-order valence-corrected chi connectivity index (χ3v) is 4.41. The van der Waals surface area contributed by atoms with E-state index in [9.17, 15) is 4.79 Å². The molecule has 0 radical (unpaired) electrons. The van der Waals surface area contributed by atoms with Gasteiger partial charge in [-0.1, -0.05) is 51.4 Å². The van der Waals surface area contributed by atoms with Crippen LogP contribution in [0.1, 0.15) is 18.1 Å². The van der Waals surface area contributed by atoms with Gasteiger partial charge in [0, 0.05) is 15.6 Å². The van der Waals surface area contributed by atoms with Crippen molar-refractivity contribution in [2.24, 2.45) is 5.16 Å². The molecule has 0 fully saturated rings. The van der Waals surface area contributed by atoms with Gasteiger partial charge in [0.2, 0.25) is 0 Å². The van der Waals surface area contributed by atoms with E-state index in [0.29, 0.717) is 23.6 Å². The Hall–Kier alpha value is -1.92. The van der Waals surface area contributed by atoms with E-state index >= 15 is 0 Å². The first-order chi connectivity index (χ1) is 11.6. The fourth-order valence-corrected chi connectivity index (χ4v) is 3.73. The van der Waals surface area contributed by atoms with E-state index in [0.717, 1.165) is 20.1 Å². The number of oxime groups is 1. The first-order valence-corrected chi connectivity index (χ1v) is 8.87. The molecule has 2 aromatic rings. The maximum atomic E-state index is 12.1. The predicted octanol–water partition coefficient (Wildman–Crippen LogP) is 4.95. The molecule has 1 heterocycles. The molecule has 2 aromatic carbocycles. The van der Waals surface area contributed by atoms with Gasteiger partial charge in [-0.05, 0) is 41.1 Å². The second-order valence-corrected chi connectivity index (χ2v) is 6.75. The van der Waals surface area contributed by atoms with Crippen molar-refractivity contribution in [2.45, 2.75) is 6.92 Å². The molecule has 0 amide bonds. The fourth-order valence-electron chi connectivity index (χ4n) is 2.35. The van der Waals surface area contributed by atoms with Gasteiger partial charge in [-0.3, -0.25) is 0 Å². The molecule has 122 valence electrons. The lowest BCUT2D eigenvalue weighted by molar-refractivity contribution is -0.136. The smallest absolute Gasteiger partial charge is 0.368 e. The molecule has 6 heteroatoms. The van der Waals surface area contributed by atoms with Gasteiger partial charge >= 0.3 is 5.97 Å². The number of benzene rings is 2. The quantitative estimate of drug-likeness (QED) is 0.488. The monoisotopic (exact) mass is 449 g/mol. The SMILES string of the molecule is CCOc1c(Br)cc(Br)cc1/C=C1\C(=O)ON=C1c1ccccc1. The molecule has 0 spiro atoms. The van der Waals surface area contributed by atoms with Gasteiger partial charge < -0.3 is 9.57 Å². The second kappa shape index (κ2) is 7.32. The first kappa shape index (κ1) is 16.9. The molecular formula is C18H13Br2NO3. The molecule has 0 bridgehead atoms. The van der Waals surface area contributed by atoms with E-state index < -0.39 is 5.97 Å². The van der Waals surface area contributed by atoms with Gasteiger partial charge in [-0.25, -0.2) is 4.79 Å². The van der Waals surface area contributed by atoms with Gasteiger partial charge in [-0.15, -0.1) is 0 Å². The summed E-state index contributed by atoms with van der Waals surface area (Å²) in [5, 5.41) is 3.92. The van der Waals surface area contributed by atoms with Crippen LogP contribution >= 0.6 is 31.9 Å². The van der Waals surface area contributed by atoms with Crippen LogP contribution in [-0.4, -0.2) is 18.3 Å². The third-order valence-electron chi connectivity index (χ3n) is 3.37. The van der Waals surface area contributed by atoms with Crippen molar-refractivity contribution in [3.05, 3.63) is 68.1 Å². The molecular weight excluding hydrogens is 438 g/mol. The summed E-state index contributed by atoms with van der Waals surface area (Å²) in [6.45, 7) is 2.42. The Kier molecular flexibility index (Phi) is 5.16. The summed E-state index contributed by atoms with van der Waals surface area (Å²) >= 11 is 6.95. The number of rotatable bonds is 4. The van der Waals surface area contributed by atoms with Crippen LogP contribution in [0.15, 0.2) is 62.1 Å². The molecule has 4 nitrogen and oxygen atoms in total. The highest BCUT2D eigenvalue weighted by Gasteiger charge is 2.27. The number of ether oxygens (including phenoxy) is 1. The summed E-state index contributed by atoms with van der Waals surface area (Å²) < 4.78 is 7.38. The standard InChI is InChI=1S/C18H13Br2NO3/c1-2-23-17-12(8-13(19)10-15(17)20)9-14-16(21-24-18(14)22)11-6-4-3-5-7-11/h3-10H,2H2,1H3/b14-9-. The highest BCUT2D eigenvalue weighted by molar-refractivity contribution is 9.11. The maximum absolute atomic E-state index is 12.1. The van der Waals surface area contributed by atoms with Crippen molar-refractivity contribution in [1.82, 2.24) is 0 Å². The Balaban J connectivity index is 2.10. The number of halogens is 2.